The van der Waals surface area contributed by atoms with E-state index >= 15 is 0 Å². The zero-order valence-corrected chi connectivity index (χ0v) is 17.6. The molecule has 30 heavy (non-hydrogen) atoms. The van der Waals surface area contributed by atoms with Gasteiger partial charge in [-0.2, -0.15) is 0 Å². The highest BCUT2D eigenvalue weighted by Gasteiger charge is 2.50. The second-order valence-electron chi connectivity index (χ2n) is 8.29. The van der Waals surface area contributed by atoms with E-state index in [0.717, 1.165) is 49.6 Å². The lowest BCUT2D eigenvalue weighted by molar-refractivity contribution is 0.0776. The number of anilines is 1. The average molecular weight is 402 g/mol. The van der Waals surface area contributed by atoms with Gasteiger partial charge in [0, 0.05) is 37.7 Å². The second kappa shape index (κ2) is 7.27. The summed E-state index contributed by atoms with van der Waals surface area (Å²) in [5.41, 5.74) is 3.52. The van der Waals surface area contributed by atoms with Gasteiger partial charge in [0.25, 0.3) is 5.91 Å². The van der Waals surface area contributed by atoms with E-state index in [1.807, 2.05) is 42.3 Å². The Morgan fingerprint density at radius 3 is 2.90 bits per heavy atom. The molecular formula is C24H27N5O. The van der Waals surface area contributed by atoms with Crippen molar-refractivity contribution in [1.82, 2.24) is 19.4 Å². The molecule has 0 radical (unpaired) electrons. The lowest BCUT2D eigenvalue weighted by Gasteiger charge is -2.47. The first-order valence-corrected chi connectivity index (χ1v) is 10.8. The van der Waals surface area contributed by atoms with Crippen molar-refractivity contribution in [3.8, 4) is 5.82 Å². The van der Waals surface area contributed by atoms with Crippen LogP contribution in [0.2, 0.25) is 0 Å². The normalized spacial score (nSPS) is 19.8. The van der Waals surface area contributed by atoms with Crippen molar-refractivity contribution in [1.29, 1.82) is 0 Å². The summed E-state index contributed by atoms with van der Waals surface area (Å²) in [6, 6.07) is 14.1. The number of hydrogen-bond donors (Lipinski definition) is 0. The molecule has 3 aromatic rings. The molecule has 6 nitrogen and oxygen atoms in total. The third kappa shape index (κ3) is 2.82. The Bertz CT molecular complexity index is 1090. The second-order valence-corrected chi connectivity index (χ2v) is 8.29. The van der Waals surface area contributed by atoms with Crippen molar-refractivity contribution in [2.75, 3.05) is 24.5 Å². The minimum atomic E-state index is -0.242. The summed E-state index contributed by atoms with van der Waals surface area (Å²) >= 11 is 0. The van der Waals surface area contributed by atoms with Crippen molar-refractivity contribution in [3.05, 3.63) is 71.9 Å². The molecule has 1 saturated heterocycles. The van der Waals surface area contributed by atoms with Crippen LogP contribution in [0.1, 0.15) is 48.1 Å². The van der Waals surface area contributed by atoms with Crippen LogP contribution in [0.25, 0.3) is 5.82 Å². The molecule has 0 N–H and O–H groups in total. The number of unbranched alkanes of at least 4 members (excludes halogenated alkanes) is 1. The highest BCUT2D eigenvalue weighted by molar-refractivity contribution is 5.92. The number of likely N-dealkylation sites (tertiary alicyclic amines) is 1. The Hall–Kier alpha value is -3.15. The number of amides is 1. The van der Waals surface area contributed by atoms with Crippen LogP contribution in [0, 0.1) is 6.92 Å². The van der Waals surface area contributed by atoms with Crippen LogP contribution >= 0.6 is 0 Å². The average Bonchev–Trinajstić information content (AvgIpc) is 3.42. The van der Waals surface area contributed by atoms with E-state index in [9.17, 15) is 4.79 Å². The fraction of sp³-hybridized carbons (Fsp3) is 0.375. The maximum absolute atomic E-state index is 13.3. The smallest absolute Gasteiger partial charge is 0.272 e. The zero-order valence-electron chi connectivity index (χ0n) is 17.6. The van der Waals surface area contributed by atoms with Crippen molar-refractivity contribution < 1.29 is 4.79 Å². The Morgan fingerprint density at radius 1 is 1.17 bits per heavy atom. The van der Waals surface area contributed by atoms with E-state index in [1.54, 1.807) is 0 Å². The van der Waals surface area contributed by atoms with Crippen LogP contribution in [-0.2, 0) is 5.54 Å². The van der Waals surface area contributed by atoms with E-state index in [4.69, 9.17) is 0 Å². The van der Waals surface area contributed by atoms with E-state index in [0.29, 0.717) is 12.2 Å². The molecule has 1 fully saturated rings. The fourth-order valence-corrected chi connectivity index (χ4v) is 4.97. The molecule has 1 amide bonds. The van der Waals surface area contributed by atoms with E-state index in [2.05, 4.69) is 50.8 Å². The third-order valence-electron chi connectivity index (χ3n) is 6.40. The monoisotopic (exact) mass is 401 g/mol. The predicted octanol–water partition coefficient (Wildman–Crippen LogP) is 3.94. The van der Waals surface area contributed by atoms with Crippen LogP contribution in [0.3, 0.4) is 0 Å². The Labute approximate surface area is 177 Å². The molecule has 0 aliphatic carbocycles. The molecule has 6 heteroatoms. The zero-order chi connectivity index (χ0) is 20.7. The van der Waals surface area contributed by atoms with Crippen LogP contribution < -0.4 is 4.90 Å². The number of rotatable bonds is 4. The number of nitrogens with zero attached hydrogens (tertiary/aromatic N) is 5. The van der Waals surface area contributed by atoms with Gasteiger partial charge in [0.15, 0.2) is 5.82 Å². The summed E-state index contributed by atoms with van der Waals surface area (Å²) in [6.45, 7) is 6.47. The van der Waals surface area contributed by atoms with Gasteiger partial charge in [-0.3, -0.25) is 4.79 Å². The van der Waals surface area contributed by atoms with Gasteiger partial charge in [0.1, 0.15) is 11.2 Å². The van der Waals surface area contributed by atoms with Gasteiger partial charge < -0.3 is 14.4 Å². The lowest BCUT2D eigenvalue weighted by atomic mass is 9.88. The predicted molar refractivity (Wildman–Crippen MR) is 117 cm³/mol. The molecule has 3 aromatic heterocycles. The van der Waals surface area contributed by atoms with Gasteiger partial charge in [-0.05, 0) is 56.2 Å². The maximum Gasteiger partial charge on any atom is 0.272 e. The minimum absolute atomic E-state index is 0.0149. The van der Waals surface area contributed by atoms with Crippen LogP contribution in [-0.4, -0.2) is 45.0 Å². The standard InChI is InChI=1S/C24H27N5O/c1-3-4-15-29-20-10-6-13-25-22(20)28-14-7-11-21(28)24(29)12-16-27(17-24)23(30)19-9-5-8-18(2)26-19/h5-11,13-14H,3-4,12,15-17H2,1-2H3. The SMILES string of the molecule is CCCCN1c2cccnc2-n2cccc2C12CCN(C(=O)c1cccc(C)n1)C2. The first-order valence-electron chi connectivity index (χ1n) is 10.8. The van der Waals surface area contributed by atoms with Crippen LogP contribution in [0.5, 0.6) is 0 Å². The number of hydrogen-bond acceptors (Lipinski definition) is 4. The molecule has 5 rings (SSSR count). The molecule has 0 saturated carbocycles. The Kier molecular flexibility index (Phi) is 4.57. The third-order valence-corrected chi connectivity index (χ3v) is 6.40. The van der Waals surface area contributed by atoms with Gasteiger partial charge in [0.05, 0.1) is 11.4 Å². The van der Waals surface area contributed by atoms with Crippen molar-refractivity contribution in [2.24, 2.45) is 0 Å². The number of fused-ring (bicyclic) bond motifs is 4. The fourth-order valence-electron chi connectivity index (χ4n) is 4.97. The summed E-state index contributed by atoms with van der Waals surface area (Å²) < 4.78 is 2.21. The maximum atomic E-state index is 13.3. The molecule has 1 unspecified atom stereocenters. The highest BCUT2D eigenvalue weighted by Crippen LogP contribution is 2.47. The summed E-state index contributed by atoms with van der Waals surface area (Å²) in [4.78, 5) is 26.9. The van der Waals surface area contributed by atoms with Gasteiger partial charge >= 0.3 is 0 Å². The highest BCUT2D eigenvalue weighted by atomic mass is 16.2. The van der Waals surface area contributed by atoms with Crippen LogP contribution in [0.4, 0.5) is 5.69 Å². The molecule has 1 atom stereocenters. The number of carbonyl (C=O) groups is 1. The topological polar surface area (TPSA) is 54.3 Å². The largest absolute Gasteiger partial charge is 0.355 e. The number of carbonyl (C=O) groups excluding carboxylic acids is 1. The molecule has 5 heterocycles. The molecule has 2 aliphatic rings. The van der Waals surface area contributed by atoms with Crippen molar-refractivity contribution in [3.63, 3.8) is 0 Å². The Morgan fingerprint density at radius 2 is 2.07 bits per heavy atom. The first-order chi connectivity index (χ1) is 14.6. The summed E-state index contributed by atoms with van der Waals surface area (Å²) in [7, 11) is 0. The van der Waals surface area contributed by atoms with Gasteiger partial charge in [0.2, 0.25) is 0 Å². The van der Waals surface area contributed by atoms with Gasteiger partial charge in [-0.15, -0.1) is 0 Å². The summed E-state index contributed by atoms with van der Waals surface area (Å²) in [6.07, 6.45) is 7.06. The van der Waals surface area contributed by atoms with E-state index < -0.39 is 0 Å². The van der Waals surface area contributed by atoms with E-state index in [-0.39, 0.29) is 11.4 Å². The number of aryl methyl sites for hydroxylation is 1. The van der Waals surface area contributed by atoms with Crippen molar-refractivity contribution >= 4 is 11.6 Å². The van der Waals surface area contributed by atoms with E-state index in [1.165, 1.54) is 5.69 Å². The minimum Gasteiger partial charge on any atom is -0.355 e. The molecule has 0 bridgehead atoms. The van der Waals surface area contributed by atoms with Gasteiger partial charge in [-0.1, -0.05) is 19.4 Å². The van der Waals surface area contributed by atoms with Gasteiger partial charge in [-0.25, -0.2) is 9.97 Å². The molecule has 0 aromatic carbocycles. The molecule has 1 spiro atoms. The lowest BCUT2D eigenvalue weighted by Crippen LogP contribution is -2.53. The molecule has 154 valence electrons. The Balaban J connectivity index is 1.56. The van der Waals surface area contributed by atoms with Crippen molar-refractivity contribution in [2.45, 2.75) is 38.6 Å². The summed E-state index contributed by atoms with van der Waals surface area (Å²) in [5, 5.41) is 0. The quantitative estimate of drug-likeness (QED) is 0.665. The molecule has 2 aliphatic heterocycles. The van der Waals surface area contributed by atoms with Crippen LogP contribution in [0.15, 0.2) is 54.9 Å². The number of pyridine rings is 2. The first kappa shape index (κ1) is 18.9. The molecular weight excluding hydrogens is 374 g/mol. The summed E-state index contributed by atoms with van der Waals surface area (Å²) in [5.74, 6) is 0.991. The number of aromatic nitrogens is 3.